The summed E-state index contributed by atoms with van der Waals surface area (Å²) in [4.78, 5) is 18.0. The molecule has 2 heterocycles. The average Bonchev–Trinajstić information content (AvgIpc) is 2.62. The van der Waals surface area contributed by atoms with E-state index in [0.29, 0.717) is 5.56 Å². The smallest absolute Gasteiger partial charge is 0.433 e. The Labute approximate surface area is 145 Å². The van der Waals surface area contributed by atoms with Crippen molar-refractivity contribution in [3.63, 3.8) is 0 Å². The second kappa shape index (κ2) is 6.79. The molecule has 0 saturated carbocycles. The van der Waals surface area contributed by atoms with Crippen LogP contribution < -0.4 is 4.74 Å². The van der Waals surface area contributed by atoms with Gasteiger partial charge in [-0.25, -0.2) is 9.97 Å². The summed E-state index contributed by atoms with van der Waals surface area (Å²) in [7, 11) is 0. The summed E-state index contributed by atoms with van der Waals surface area (Å²) >= 11 is 0. The second-order valence-corrected chi connectivity index (χ2v) is 5.11. The van der Waals surface area contributed by atoms with E-state index in [9.17, 15) is 23.3 Å². The van der Waals surface area contributed by atoms with Gasteiger partial charge in [-0.05, 0) is 30.3 Å². The lowest BCUT2D eigenvalue weighted by atomic mass is 10.1. The summed E-state index contributed by atoms with van der Waals surface area (Å²) in [6, 6.07) is 11.1. The van der Waals surface area contributed by atoms with E-state index in [4.69, 9.17) is 4.74 Å². The Balaban J connectivity index is 1.98. The molecule has 0 unspecified atom stereocenters. The molecular weight excluding hydrogens is 351 g/mol. The van der Waals surface area contributed by atoms with Gasteiger partial charge in [0.25, 0.3) is 5.69 Å². The highest BCUT2D eigenvalue weighted by atomic mass is 19.4. The van der Waals surface area contributed by atoms with Crippen LogP contribution in [0, 0.1) is 10.1 Å². The molecule has 0 bridgehead atoms. The highest BCUT2D eigenvalue weighted by Crippen LogP contribution is 2.36. The lowest BCUT2D eigenvalue weighted by Gasteiger charge is -2.11. The molecule has 0 radical (unpaired) electrons. The summed E-state index contributed by atoms with van der Waals surface area (Å²) in [5.41, 5.74) is -0.583. The van der Waals surface area contributed by atoms with Gasteiger partial charge < -0.3 is 4.74 Å². The zero-order chi connectivity index (χ0) is 18.7. The fraction of sp³-hybridized carbons (Fsp3) is 0.0588. The topological polar surface area (TPSA) is 78.2 Å². The van der Waals surface area contributed by atoms with Gasteiger partial charge in [0.2, 0.25) is 5.88 Å². The third-order valence-corrected chi connectivity index (χ3v) is 3.40. The number of ether oxygens (including phenoxy) is 1. The maximum atomic E-state index is 12.6. The summed E-state index contributed by atoms with van der Waals surface area (Å²) in [6.45, 7) is 0. The average molecular weight is 361 g/mol. The van der Waals surface area contributed by atoms with Crippen molar-refractivity contribution in [2.24, 2.45) is 0 Å². The molecule has 3 rings (SSSR count). The minimum absolute atomic E-state index is 0.0170. The number of para-hydroxylation sites is 1. The van der Waals surface area contributed by atoms with Crippen LogP contribution in [0.1, 0.15) is 5.69 Å². The van der Waals surface area contributed by atoms with E-state index in [2.05, 4.69) is 9.97 Å². The maximum Gasteiger partial charge on any atom is 0.433 e. The van der Waals surface area contributed by atoms with Gasteiger partial charge in [0.1, 0.15) is 11.4 Å². The van der Waals surface area contributed by atoms with Crippen molar-refractivity contribution in [3.8, 4) is 22.8 Å². The number of nitro benzene ring substituents is 1. The minimum atomic E-state index is -4.56. The Bertz CT molecular complexity index is 944. The number of hydrogen-bond acceptors (Lipinski definition) is 5. The fourth-order valence-electron chi connectivity index (χ4n) is 2.26. The molecule has 26 heavy (non-hydrogen) atoms. The standard InChI is InChI=1S/C17H10F3N3O3/c18-17(19,20)15-8-7-11(10-22-15)26-16-13(5-3-9-21-16)12-4-1-2-6-14(12)23(24)25/h1-10H. The van der Waals surface area contributed by atoms with Crippen LogP contribution >= 0.6 is 0 Å². The first-order valence-corrected chi connectivity index (χ1v) is 7.26. The summed E-state index contributed by atoms with van der Waals surface area (Å²) in [6.07, 6.45) is -2.23. The molecule has 1 aromatic carbocycles. The van der Waals surface area contributed by atoms with E-state index in [1.165, 1.54) is 24.4 Å². The van der Waals surface area contributed by atoms with Crippen molar-refractivity contribution in [2.75, 3.05) is 0 Å². The number of halogens is 3. The van der Waals surface area contributed by atoms with Crippen LogP contribution in [0.5, 0.6) is 11.6 Å². The van der Waals surface area contributed by atoms with Crippen LogP contribution in [0.2, 0.25) is 0 Å². The first-order valence-electron chi connectivity index (χ1n) is 7.26. The summed E-state index contributed by atoms with van der Waals surface area (Å²) < 4.78 is 43.2. The van der Waals surface area contributed by atoms with E-state index >= 15 is 0 Å². The molecule has 132 valence electrons. The zero-order valence-electron chi connectivity index (χ0n) is 13.0. The third kappa shape index (κ3) is 3.61. The van der Waals surface area contributed by atoms with E-state index in [0.717, 1.165) is 18.3 Å². The molecule has 0 saturated heterocycles. The summed E-state index contributed by atoms with van der Waals surface area (Å²) in [5.74, 6) is 0.0416. The van der Waals surface area contributed by atoms with Gasteiger partial charge in [-0.2, -0.15) is 13.2 Å². The van der Waals surface area contributed by atoms with Crippen LogP contribution in [-0.4, -0.2) is 14.9 Å². The van der Waals surface area contributed by atoms with Crippen LogP contribution in [0.25, 0.3) is 11.1 Å². The van der Waals surface area contributed by atoms with E-state index in [-0.39, 0.29) is 22.9 Å². The minimum Gasteiger partial charge on any atom is -0.437 e. The van der Waals surface area contributed by atoms with E-state index in [1.54, 1.807) is 18.2 Å². The van der Waals surface area contributed by atoms with Crippen molar-refractivity contribution in [3.05, 3.63) is 76.7 Å². The number of rotatable bonds is 4. The number of pyridine rings is 2. The largest absolute Gasteiger partial charge is 0.437 e. The van der Waals surface area contributed by atoms with Gasteiger partial charge in [-0.3, -0.25) is 10.1 Å². The van der Waals surface area contributed by atoms with Crippen molar-refractivity contribution in [2.45, 2.75) is 6.18 Å². The van der Waals surface area contributed by atoms with Crippen LogP contribution in [0.4, 0.5) is 18.9 Å². The Hall–Kier alpha value is -3.49. The molecule has 0 aliphatic carbocycles. The zero-order valence-corrected chi connectivity index (χ0v) is 13.0. The molecule has 9 heteroatoms. The summed E-state index contributed by atoms with van der Waals surface area (Å²) in [5, 5.41) is 11.2. The number of nitrogens with zero attached hydrogens (tertiary/aromatic N) is 3. The normalized spacial score (nSPS) is 11.2. The van der Waals surface area contributed by atoms with Crippen LogP contribution in [0.15, 0.2) is 60.9 Å². The van der Waals surface area contributed by atoms with Gasteiger partial charge in [0.05, 0.1) is 22.2 Å². The highest BCUT2D eigenvalue weighted by Gasteiger charge is 2.32. The van der Waals surface area contributed by atoms with Crippen LogP contribution in [-0.2, 0) is 6.18 Å². The van der Waals surface area contributed by atoms with Gasteiger partial charge in [-0.1, -0.05) is 12.1 Å². The second-order valence-electron chi connectivity index (χ2n) is 5.11. The Morgan fingerprint density at radius 1 is 0.962 bits per heavy atom. The molecule has 0 N–H and O–H groups in total. The predicted octanol–water partition coefficient (Wildman–Crippen LogP) is 4.86. The SMILES string of the molecule is O=[N+]([O-])c1ccccc1-c1cccnc1Oc1ccc(C(F)(F)F)nc1. The third-order valence-electron chi connectivity index (χ3n) is 3.40. The number of alkyl halides is 3. The van der Waals surface area contributed by atoms with Gasteiger partial charge in [0, 0.05) is 12.3 Å². The van der Waals surface area contributed by atoms with Gasteiger partial charge in [0.15, 0.2) is 0 Å². The highest BCUT2D eigenvalue weighted by molar-refractivity contribution is 5.77. The maximum absolute atomic E-state index is 12.6. The Morgan fingerprint density at radius 3 is 2.35 bits per heavy atom. The predicted molar refractivity (Wildman–Crippen MR) is 85.6 cm³/mol. The molecule has 6 nitrogen and oxygen atoms in total. The Morgan fingerprint density at radius 2 is 1.69 bits per heavy atom. The first-order chi connectivity index (χ1) is 12.4. The molecule has 0 fully saturated rings. The number of aromatic nitrogens is 2. The number of hydrogen-bond donors (Lipinski definition) is 0. The van der Waals surface area contributed by atoms with Gasteiger partial charge >= 0.3 is 6.18 Å². The lowest BCUT2D eigenvalue weighted by Crippen LogP contribution is -2.07. The first kappa shape index (κ1) is 17.3. The number of nitro groups is 1. The van der Waals surface area contributed by atoms with Crippen molar-refractivity contribution < 1.29 is 22.8 Å². The molecule has 0 amide bonds. The number of benzene rings is 1. The van der Waals surface area contributed by atoms with Gasteiger partial charge in [-0.15, -0.1) is 0 Å². The molecule has 0 spiro atoms. The van der Waals surface area contributed by atoms with Crippen LogP contribution in [0.3, 0.4) is 0 Å². The fourth-order valence-corrected chi connectivity index (χ4v) is 2.26. The van der Waals surface area contributed by atoms with Crippen molar-refractivity contribution in [1.29, 1.82) is 0 Å². The van der Waals surface area contributed by atoms with Crippen molar-refractivity contribution >= 4 is 5.69 Å². The lowest BCUT2D eigenvalue weighted by molar-refractivity contribution is -0.384. The Kier molecular flexibility index (Phi) is 4.53. The van der Waals surface area contributed by atoms with E-state index < -0.39 is 16.8 Å². The molecular formula is C17H10F3N3O3. The van der Waals surface area contributed by atoms with Crippen molar-refractivity contribution in [1.82, 2.24) is 9.97 Å². The van der Waals surface area contributed by atoms with E-state index in [1.807, 2.05) is 0 Å². The molecule has 0 atom stereocenters. The molecule has 3 aromatic rings. The molecule has 0 aliphatic heterocycles. The molecule has 0 aliphatic rings. The monoisotopic (exact) mass is 361 g/mol. The quantitative estimate of drug-likeness (QED) is 0.490. The molecule has 2 aromatic heterocycles.